The Morgan fingerprint density at radius 3 is 2.22 bits per heavy atom. The number of nitrogens with zero attached hydrogens (tertiary/aromatic N) is 3. The summed E-state index contributed by atoms with van der Waals surface area (Å²) in [6, 6.07) is 16.2. The van der Waals surface area contributed by atoms with Gasteiger partial charge in [0.15, 0.2) is 0 Å². The Labute approximate surface area is 136 Å². The van der Waals surface area contributed by atoms with Crippen molar-refractivity contribution in [2.24, 2.45) is 0 Å². The SMILES string of the molecule is O=C(N1CCN(c2ccccn2)CC1)C1(c2ccccc2)CC1. The third-order valence-corrected chi connectivity index (χ3v) is 5.03. The largest absolute Gasteiger partial charge is 0.353 e. The molecule has 0 radical (unpaired) electrons. The Kier molecular flexibility index (Phi) is 3.52. The van der Waals surface area contributed by atoms with E-state index in [2.05, 4.69) is 22.0 Å². The lowest BCUT2D eigenvalue weighted by Gasteiger charge is -2.37. The summed E-state index contributed by atoms with van der Waals surface area (Å²) in [6.07, 6.45) is 3.79. The molecule has 1 saturated carbocycles. The molecule has 1 aliphatic carbocycles. The van der Waals surface area contributed by atoms with Crippen molar-refractivity contribution in [1.29, 1.82) is 0 Å². The first kappa shape index (κ1) is 14.2. The van der Waals surface area contributed by atoms with Gasteiger partial charge in [-0.15, -0.1) is 0 Å². The number of aromatic nitrogens is 1. The van der Waals surface area contributed by atoms with Crippen LogP contribution >= 0.6 is 0 Å². The van der Waals surface area contributed by atoms with Crippen molar-refractivity contribution in [2.45, 2.75) is 18.3 Å². The molecule has 1 saturated heterocycles. The summed E-state index contributed by atoms with van der Waals surface area (Å²) in [5.74, 6) is 1.31. The van der Waals surface area contributed by atoms with Gasteiger partial charge in [0.05, 0.1) is 5.41 Å². The lowest BCUT2D eigenvalue weighted by Crippen LogP contribution is -2.51. The van der Waals surface area contributed by atoms with Crippen LogP contribution in [0.1, 0.15) is 18.4 Å². The molecule has 0 atom stereocenters. The van der Waals surface area contributed by atoms with Gasteiger partial charge in [0, 0.05) is 32.4 Å². The standard InChI is InChI=1S/C19H21N3O/c23-18(19(9-10-19)16-6-2-1-3-7-16)22-14-12-21(13-15-22)17-8-4-5-11-20-17/h1-8,11H,9-10,12-15H2. The summed E-state index contributed by atoms with van der Waals surface area (Å²) in [6.45, 7) is 3.27. The lowest BCUT2D eigenvalue weighted by molar-refractivity contribution is -0.134. The number of anilines is 1. The molecule has 2 aromatic rings. The predicted molar refractivity (Wildman–Crippen MR) is 90.4 cm³/mol. The number of hydrogen-bond acceptors (Lipinski definition) is 3. The Balaban J connectivity index is 1.44. The summed E-state index contributed by atoms with van der Waals surface area (Å²) in [5, 5.41) is 0. The molecule has 4 nitrogen and oxygen atoms in total. The molecule has 2 heterocycles. The number of piperazine rings is 1. The highest BCUT2D eigenvalue weighted by Gasteiger charge is 2.53. The minimum atomic E-state index is -0.242. The zero-order valence-electron chi connectivity index (χ0n) is 13.2. The van der Waals surface area contributed by atoms with Gasteiger partial charge >= 0.3 is 0 Å². The molecule has 2 fully saturated rings. The number of pyridine rings is 1. The quantitative estimate of drug-likeness (QED) is 0.874. The van der Waals surface area contributed by atoms with E-state index < -0.39 is 0 Å². The maximum Gasteiger partial charge on any atom is 0.233 e. The molecule has 1 aliphatic heterocycles. The van der Waals surface area contributed by atoms with Gasteiger partial charge in [-0.3, -0.25) is 4.79 Å². The van der Waals surface area contributed by atoms with Crippen LogP contribution in [0.4, 0.5) is 5.82 Å². The fourth-order valence-corrected chi connectivity index (χ4v) is 3.49. The van der Waals surface area contributed by atoms with Crippen LogP contribution in [0.2, 0.25) is 0 Å². The molecule has 0 bridgehead atoms. The Bertz CT molecular complexity index is 674. The van der Waals surface area contributed by atoms with Crippen LogP contribution in [-0.4, -0.2) is 42.0 Å². The van der Waals surface area contributed by atoms with Crippen LogP contribution in [0.15, 0.2) is 54.7 Å². The normalized spacial score (nSPS) is 19.5. The molecule has 0 N–H and O–H groups in total. The summed E-state index contributed by atoms with van der Waals surface area (Å²) < 4.78 is 0. The number of hydrogen-bond donors (Lipinski definition) is 0. The summed E-state index contributed by atoms with van der Waals surface area (Å²) in [5.41, 5.74) is 0.936. The predicted octanol–water partition coefficient (Wildman–Crippen LogP) is 2.46. The van der Waals surface area contributed by atoms with E-state index in [4.69, 9.17) is 0 Å². The number of benzene rings is 1. The third-order valence-electron chi connectivity index (χ3n) is 5.03. The van der Waals surface area contributed by atoms with Crippen LogP contribution in [0.25, 0.3) is 0 Å². The van der Waals surface area contributed by atoms with Gasteiger partial charge < -0.3 is 9.80 Å². The fourth-order valence-electron chi connectivity index (χ4n) is 3.49. The van der Waals surface area contributed by atoms with E-state index in [1.54, 1.807) is 0 Å². The molecular formula is C19H21N3O. The van der Waals surface area contributed by atoms with Crippen LogP contribution in [-0.2, 0) is 10.2 Å². The molecule has 23 heavy (non-hydrogen) atoms. The van der Waals surface area contributed by atoms with Crippen LogP contribution in [0.5, 0.6) is 0 Å². The van der Waals surface area contributed by atoms with Crippen molar-refractivity contribution in [2.75, 3.05) is 31.1 Å². The number of carbonyl (C=O) groups is 1. The second kappa shape index (κ2) is 5.69. The monoisotopic (exact) mass is 307 g/mol. The van der Waals surface area contributed by atoms with Crippen molar-refractivity contribution < 1.29 is 4.79 Å². The van der Waals surface area contributed by atoms with E-state index in [-0.39, 0.29) is 5.41 Å². The van der Waals surface area contributed by atoms with Crippen LogP contribution in [0, 0.1) is 0 Å². The number of rotatable bonds is 3. The number of amides is 1. The average molecular weight is 307 g/mol. The maximum atomic E-state index is 13.0. The Hall–Kier alpha value is -2.36. The second-order valence-corrected chi connectivity index (χ2v) is 6.42. The van der Waals surface area contributed by atoms with E-state index in [0.717, 1.165) is 44.8 Å². The highest BCUT2D eigenvalue weighted by Crippen LogP contribution is 2.49. The zero-order valence-corrected chi connectivity index (χ0v) is 13.2. The van der Waals surface area contributed by atoms with Crippen molar-refractivity contribution in [3.63, 3.8) is 0 Å². The van der Waals surface area contributed by atoms with Gasteiger partial charge in [-0.2, -0.15) is 0 Å². The molecule has 1 aromatic carbocycles. The molecule has 4 heteroatoms. The van der Waals surface area contributed by atoms with Gasteiger partial charge in [0.1, 0.15) is 5.82 Å². The van der Waals surface area contributed by atoms with Gasteiger partial charge in [-0.05, 0) is 30.5 Å². The first-order valence-corrected chi connectivity index (χ1v) is 8.30. The van der Waals surface area contributed by atoms with E-state index >= 15 is 0 Å². The molecule has 0 spiro atoms. The van der Waals surface area contributed by atoms with Crippen molar-refractivity contribution in [1.82, 2.24) is 9.88 Å². The Morgan fingerprint density at radius 1 is 0.913 bits per heavy atom. The van der Waals surface area contributed by atoms with Crippen molar-refractivity contribution in [3.8, 4) is 0 Å². The molecule has 1 amide bonds. The van der Waals surface area contributed by atoms with Gasteiger partial charge in [0.25, 0.3) is 0 Å². The molecule has 4 rings (SSSR count). The molecule has 118 valence electrons. The van der Waals surface area contributed by atoms with Crippen LogP contribution < -0.4 is 4.90 Å². The van der Waals surface area contributed by atoms with E-state index in [1.807, 2.05) is 47.5 Å². The summed E-state index contributed by atoms with van der Waals surface area (Å²) in [4.78, 5) is 21.7. The number of carbonyl (C=O) groups excluding carboxylic acids is 1. The molecule has 2 aliphatic rings. The van der Waals surface area contributed by atoms with Crippen LogP contribution in [0.3, 0.4) is 0 Å². The zero-order chi connectivity index (χ0) is 15.7. The second-order valence-electron chi connectivity index (χ2n) is 6.42. The third kappa shape index (κ3) is 2.58. The van der Waals surface area contributed by atoms with E-state index in [0.29, 0.717) is 5.91 Å². The smallest absolute Gasteiger partial charge is 0.233 e. The summed E-state index contributed by atoms with van der Waals surface area (Å²) >= 11 is 0. The fraction of sp³-hybridized carbons (Fsp3) is 0.368. The lowest BCUT2D eigenvalue weighted by atomic mass is 9.94. The van der Waals surface area contributed by atoms with Crippen molar-refractivity contribution >= 4 is 11.7 Å². The minimum Gasteiger partial charge on any atom is -0.353 e. The molecule has 0 unspecified atom stereocenters. The molecular weight excluding hydrogens is 286 g/mol. The summed E-state index contributed by atoms with van der Waals surface area (Å²) in [7, 11) is 0. The van der Waals surface area contributed by atoms with E-state index in [1.165, 1.54) is 5.56 Å². The Morgan fingerprint density at radius 2 is 1.61 bits per heavy atom. The van der Waals surface area contributed by atoms with Gasteiger partial charge in [-0.1, -0.05) is 36.4 Å². The highest BCUT2D eigenvalue weighted by molar-refractivity contribution is 5.91. The highest BCUT2D eigenvalue weighted by atomic mass is 16.2. The van der Waals surface area contributed by atoms with E-state index in [9.17, 15) is 4.79 Å². The van der Waals surface area contributed by atoms with Crippen molar-refractivity contribution in [3.05, 3.63) is 60.3 Å². The first-order chi connectivity index (χ1) is 11.3. The molecule has 1 aromatic heterocycles. The topological polar surface area (TPSA) is 36.4 Å². The van der Waals surface area contributed by atoms with Gasteiger partial charge in [0.2, 0.25) is 5.91 Å². The minimum absolute atomic E-state index is 0.242. The van der Waals surface area contributed by atoms with Gasteiger partial charge in [-0.25, -0.2) is 4.98 Å². The first-order valence-electron chi connectivity index (χ1n) is 8.30. The maximum absolute atomic E-state index is 13.0. The average Bonchev–Trinajstić information content (AvgIpc) is 3.45.